The first-order valence-electron chi connectivity index (χ1n) is 18.3. The van der Waals surface area contributed by atoms with E-state index in [2.05, 4.69) is 39.6 Å². The number of nitrogens with one attached hydrogen (secondary N) is 1. The van der Waals surface area contributed by atoms with Crippen LogP contribution in [-0.2, 0) is 31.4 Å². The van der Waals surface area contributed by atoms with Crippen LogP contribution in [0.1, 0.15) is 103 Å². The lowest BCUT2D eigenvalue weighted by Gasteiger charge is -2.52. The number of fused-ring (bicyclic) bond motifs is 7. The molecule has 10 nitrogen and oxygen atoms in total. The van der Waals surface area contributed by atoms with Crippen LogP contribution in [0.15, 0.2) is 45.7 Å². The van der Waals surface area contributed by atoms with E-state index in [0.717, 1.165) is 81.8 Å². The number of phenolic OH excluding ortho intramolecular Hbond substituents is 1. The third-order valence-electron chi connectivity index (χ3n) is 13.1. The van der Waals surface area contributed by atoms with Gasteiger partial charge in [0.2, 0.25) is 0 Å². The smallest absolute Gasteiger partial charge is 0.349 e. The van der Waals surface area contributed by atoms with Crippen LogP contribution < -0.4 is 15.8 Å². The van der Waals surface area contributed by atoms with E-state index in [1.807, 2.05) is 18.3 Å². The number of hydrogen-bond acceptors (Lipinski definition) is 8. The SMILES string of the molecule is C[C@]12CC[C@@H]3c4ccc(O)cc4CC[C@H]3[C@@H]1CC[C@@]2(O)c1cn(CCCNC(=O)c2cc3cc4c5c(c3oc2=O)CCCN5CCC4)nn1. The number of phenols is 1. The first-order chi connectivity index (χ1) is 23.7. The van der Waals surface area contributed by atoms with Crippen molar-refractivity contribution in [3.05, 3.63) is 80.5 Å². The average molecular weight is 664 g/mol. The summed E-state index contributed by atoms with van der Waals surface area (Å²) in [4.78, 5) is 28.6. The van der Waals surface area contributed by atoms with Gasteiger partial charge in [-0.3, -0.25) is 9.48 Å². The van der Waals surface area contributed by atoms with E-state index in [0.29, 0.717) is 60.7 Å². The third-order valence-corrected chi connectivity index (χ3v) is 13.1. The van der Waals surface area contributed by atoms with E-state index in [-0.39, 0.29) is 11.0 Å². The number of nitrogens with zero attached hydrogens (tertiary/aromatic N) is 4. The van der Waals surface area contributed by atoms with Crippen molar-refractivity contribution in [2.75, 3.05) is 24.5 Å². The van der Waals surface area contributed by atoms with Crippen LogP contribution in [-0.4, -0.2) is 50.7 Å². The first kappa shape index (κ1) is 30.8. The minimum atomic E-state index is -1.04. The van der Waals surface area contributed by atoms with Crippen LogP contribution in [0.3, 0.4) is 0 Å². The van der Waals surface area contributed by atoms with Crippen molar-refractivity contribution in [3.8, 4) is 5.75 Å². The van der Waals surface area contributed by atoms with Crippen LogP contribution in [0.25, 0.3) is 11.0 Å². The minimum Gasteiger partial charge on any atom is -0.508 e. The van der Waals surface area contributed by atoms with Crippen molar-refractivity contribution in [1.82, 2.24) is 20.3 Å². The molecule has 2 aromatic carbocycles. The Bertz CT molecular complexity index is 2030. The predicted molar refractivity (Wildman–Crippen MR) is 185 cm³/mol. The molecule has 4 heterocycles. The molecule has 256 valence electrons. The van der Waals surface area contributed by atoms with Gasteiger partial charge >= 0.3 is 5.63 Å². The molecule has 0 radical (unpaired) electrons. The maximum atomic E-state index is 13.1. The standard InChI is InChI=1S/C39H45N5O5/c1-38-13-11-28-27-10-8-26(45)20-23(27)7-9-29(28)32(38)12-14-39(38,48)33-22-44(42-41-33)18-4-15-40-36(46)31-21-25-19-24-5-2-16-43-17-3-6-30(34(24)43)35(25)49-37(31)47/h8,10,19-22,28-29,32,45,48H,2-7,9,11-18H2,1H3,(H,40,46)/t28-,29-,32+,38+,39-/m1/s1. The van der Waals surface area contributed by atoms with Crippen LogP contribution in [0.5, 0.6) is 5.75 Å². The van der Waals surface area contributed by atoms with Crippen LogP contribution in [0, 0.1) is 17.3 Å². The van der Waals surface area contributed by atoms with Crippen molar-refractivity contribution < 1.29 is 19.4 Å². The van der Waals surface area contributed by atoms with Crippen molar-refractivity contribution in [3.63, 3.8) is 0 Å². The van der Waals surface area contributed by atoms with Gasteiger partial charge in [0.1, 0.15) is 28.2 Å². The van der Waals surface area contributed by atoms with E-state index in [9.17, 15) is 19.8 Å². The Balaban J connectivity index is 0.852. The van der Waals surface area contributed by atoms with Gasteiger partial charge < -0.3 is 24.8 Å². The van der Waals surface area contributed by atoms with Gasteiger partial charge in [-0.2, -0.15) is 0 Å². The number of benzene rings is 2. The maximum absolute atomic E-state index is 13.1. The van der Waals surface area contributed by atoms with Gasteiger partial charge in [-0.05, 0) is 129 Å². The molecule has 2 saturated carbocycles. The van der Waals surface area contributed by atoms with Gasteiger partial charge in [-0.15, -0.1) is 5.10 Å². The molecule has 2 aliphatic heterocycles. The predicted octanol–water partition coefficient (Wildman–Crippen LogP) is 5.35. The molecule has 0 unspecified atom stereocenters. The van der Waals surface area contributed by atoms with Gasteiger partial charge in [-0.25, -0.2) is 4.79 Å². The van der Waals surface area contributed by atoms with Crippen molar-refractivity contribution in [2.24, 2.45) is 17.3 Å². The Labute approximate surface area is 285 Å². The minimum absolute atomic E-state index is 0.0340. The molecule has 5 aliphatic rings. The van der Waals surface area contributed by atoms with Gasteiger partial charge in [0.15, 0.2) is 0 Å². The number of aryl methyl sites for hydroxylation is 4. The number of carbonyl (C=O) groups excluding carboxylic acids is 1. The Morgan fingerprint density at radius 3 is 2.80 bits per heavy atom. The average Bonchev–Trinajstić information content (AvgIpc) is 3.69. The van der Waals surface area contributed by atoms with E-state index < -0.39 is 17.1 Å². The lowest BCUT2D eigenvalue weighted by molar-refractivity contribution is -0.111. The van der Waals surface area contributed by atoms with Crippen LogP contribution >= 0.6 is 0 Å². The van der Waals surface area contributed by atoms with Crippen molar-refractivity contribution in [1.29, 1.82) is 0 Å². The summed E-state index contributed by atoms with van der Waals surface area (Å²) < 4.78 is 7.57. The number of rotatable bonds is 6. The molecule has 0 spiro atoms. The highest BCUT2D eigenvalue weighted by Crippen LogP contribution is 2.66. The Morgan fingerprint density at radius 2 is 1.92 bits per heavy atom. The molecule has 10 heteroatoms. The second kappa shape index (κ2) is 11.4. The number of aromatic hydroxyl groups is 1. The fraction of sp³-hybridized carbons (Fsp3) is 0.538. The molecule has 5 atom stereocenters. The maximum Gasteiger partial charge on any atom is 0.349 e. The lowest BCUT2D eigenvalue weighted by Crippen LogP contribution is -2.49. The Kier molecular flexibility index (Phi) is 7.20. The zero-order valence-electron chi connectivity index (χ0n) is 28.2. The molecule has 9 rings (SSSR count). The first-order valence-corrected chi connectivity index (χ1v) is 18.3. The highest BCUT2D eigenvalue weighted by atomic mass is 16.4. The highest BCUT2D eigenvalue weighted by Gasteiger charge is 2.63. The van der Waals surface area contributed by atoms with Gasteiger partial charge in [0.05, 0.1) is 6.20 Å². The summed E-state index contributed by atoms with van der Waals surface area (Å²) in [5, 5.41) is 34.9. The van der Waals surface area contributed by atoms with Gasteiger partial charge in [0.25, 0.3) is 5.91 Å². The third kappa shape index (κ3) is 4.77. The number of anilines is 1. The number of hydrogen-bond donors (Lipinski definition) is 3. The molecule has 2 fully saturated rings. The van der Waals surface area contributed by atoms with Crippen molar-refractivity contribution >= 4 is 22.6 Å². The summed E-state index contributed by atoms with van der Waals surface area (Å²) in [5.74, 6) is 1.29. The summed E-state index contributed by atoms with van der Waals surface area (Å²) in [5.41, 5.74) is 5.65. The summed E-state index contributed by atoms with van der Waals surface area (Å²) >= 11 is 0. The second-order valence-corrected chi connectivity index (χ2v) is 15.6. The fourth-order valence-corrected chi connectivity index (χ4v) is 10.7. The lowest BCUT2D eigenvalue weighted by atomic mass is 9.53. The summed E-state index contributed by atoms with van der Waals surface area (Å²) in [7, 11) is 0. The van der Waals surface area contributed by atoms with Crippen LogP contribution in [0.2, 0.25) is 0 Å². The molecule has 0 saturated heterocycles. The molecule has 0 bridgehead atoms. The quantitative estimate of drug-likeness (QED) is 0.186. The topological polar surface area (TPSA) is 134 Å². The molecule has 1 amide bonds. The van der Waals surface area contributed by atoms with Crippen molar-refractivity contribution in [2.45, 2.75) is 95.6 Å². The van der Waals surface area contributed by atoms with E-state index in [1.165, 1.54) is 22.4 Å². The number of amides is 1. The number of aliphatic hydroxyl groups is 1. The largest absolute Gasteiger partial charge is 0.508 e. The fourth-order valence-electron chi connectivity index (χ4n) is 10.7. The van der Waals surface area contributed by atoms with Gasteiger partial charge in [0, 0.05) is 48.2 Å². The number of aromatic nitrogens is 3. The molecule has 49 heavy (non-hydrogen) atoms. The molecular weight excluding hydrogens is 618 g/mol. The normalized spacial score (nSPS) is 28.4. The van der Waals surface area contributed by atoms with Gasteiger partial charge in [-0.1, -0.05) is 18.2 Å². The zero-order chi connectivity index (χ0) is 33.5. The van der Waals surface area contributed by atoms with E-state index >= 15 is 0 Å². The molecule has 4 aromatic rings. The zero-order valence-corrected chi connectivity index (χ0v) is 28.2. The molecule has 3 N–H and O–H groups in total. The molecular formula is C39H45N5O5. The Hall–Kier alpha value is -4.18. The summed E-state index contributed by atoms with van der Waals surface area (Å²) in [6.07, 6.45) is 12.1. The second-order valence-electron chi connectivity index (χ2n) is 15.6. The monoisotopic (exact) mass is 663 g/mol. The molecule has 2 aromatic heterocycles. The van der Waals surface area contributed by atoms with E-state index in [4.69, 9.17) is 4.42 Å². The highest BCUT2D eigenvalue weighted by molar-refractivity contribution is 5.98. The summed E-state index contributed by atoms with van der Waals surface area (Å²) in [6, 6.07) is 9.66. The van der Waals surface area contributed by atoms with E-state index in [1.54, 1.807) is 10.7 Å². The summed E-state index contributed by atoms with van der Waals surface area (Å²) in [6.45, 7) is 5.22. The molecule has 3 aliphatic carbocycles. The number of carbonyl (C=O) groups is 1. The van der Waals surface area contributed by atoms with Crippen LogP contribution in [0.4, 0.5) is 5.69 Å². The Morgan fingerprint density at radius 1 is 1.06 bits per heavy atom.